The summed E-state index contributed by atoms with van der Waals surface area (Å²) in [6.07, 6.45) is 0.691. The van der Waals surface area contributed by atoms with Crippen LogP contribution in [0.15, 0.2) is 27.8 Å². The average Bonchev–Trinajstić information content (AvgIpc) is 2.37. The number of rotatable bonds is 6. The third kappa shape index (κ3) is 4.55. The minimum atomic E-state index is -0.398. The van der Waals surface area contributed by atoms with Gasteiger partial charge in [0, 0.05) is 15.9 Å². The van der Waals surface area contributed by atoms with Crippen LogP contribution < -0.4 is 5.32 Å². The van der Waals surface area contributed by atoms with Gasteiger partial charge in [0.25, 0.3) is 0 Å². The van der Waals surface area contributed by atoms with E-state index in [-0.39, 0.29) is 0 Å². The lowest BCUT2D eigenvalue weighted by atomic mass is 10.1. The summed E-state index contributed by atoms with van der Waals surface area (Å²) in [4.78, 5) is 2.66. The maximum absolute atomic E-state index is 9.10. The Morgan fingerprint density at radius 3 is 3.00 bits per heavy atom. The van der Waals surface area contributed by atoms with Crippen LogP contribution in [0, 0.1) is 11.3 Å². The van der Waals surface area contributed by atoms with Gasteiger partial charge in [0.15, 0.2) is 0 Å². The molecule has 5 nitrogen and oxygen atoms in total. The number of halogens is 2. The van der Waals surface area contributed by atoms with E-state index >= 15 is 0 Å². The zero-order chi connectivity index (χ0) is 13.4. The van der Waals surface area contributed by atoms with Crippen molar-refractivity contribution in [3.63, 3.8) is 0 Å². The van der Waals surface area contributed by atoms with Gasteiger partial charge in [0.2, 0.25) is 0 Å². The van der Waals surface area contributed by atoms with Crippen molar-refractivity contribution < 1.29 is 0 Å². The largest absolute Gasteiger partial charge is 0.298 e. The van der Waals surface area contributed by atoms with Gasteiger partial charge in [-0.25, -0.2) is 0 Å². The summed E-state index contributed by atoms with van der Waals surface area (Å²) in [7, 11) is 0. The van der Waals surface area contributed by atoms with Crippen molar-refractivity contribution in [1.29, 1.82) is 5.26 Å². The minimum absolute atomic E-state index is 0.398. The van der Waals surface area contributed by atoms with E-state index < -0.39 is 6.04 Å². The molecule has 0 fully saturated rings. The molecule has 0 saturated carbocycles. The molecule has 0 amide bonds. The van der Waals surface area contributed by atoms with Crippen LogP contribution in [0.3, 0.4) is 0 Å². The third-order valence-corrected chi connectivity index (χ3v) is 3.47. The normalized spacial score (nSPS) is 11.4. The van der Waals surface area contributed by atoms with E-state index in [9.17, 15) is 0 Å². The SMILES string of the molecule is N#CC(NCCCN=[N+]=[N-])c1ccc(Cl)c(Br)c1. The maximum atomic E-state index is 9.10. The summed E-state index contributed by atoms with van der Waals surface area (Å²) in [5, 5.41) is 16.2. The number of azide groups is 1. The first-order chi connectivity index (χ1) is 8.69. The van der Waals surface area contributed by atoms with Gasteiger partial charge in [-0.2, -0.15) is 5.26 Å². The second-order valence-electron chi connectivity index (χ2n) is 3.50. The van der Waals surface area contributed by atoms with Gasteiger partial charge in [0.05, 0.1) is 11.1 Å². The van der Waals surface area contributed by atoms with Crippen LogP contribution in [0.4, 0.5) is 0 Å². The topological polar surface area (TPSA) is 84.6 Å². The lowest BCUT2D eigenvalue weighted by molar-refractivity contribution is 0.607. The molecule has 0 heterocycles. The van der Waals surface area contributed by atoms with Crippen LogP contribution in [-0.2, 0) is 0 Å². The average molecular weight is 329 g/mol. The summed E-state index contributed by atoms with van der Waals surface area (Å²) in [6, 6.07) is 7.15. The van der Waals surface area contributed by atoms with Crippen molar-refractivity contribution in [3.8, 4) is 6.07 Å². The lowest BCUT2D eigenvalue weighted by Gasteiger charge is -2.12. The first-order valence-corrected chi connectivity index (χ1v) is 6.45. The quantitative estimate of drug-likeness (QED) is 0.371. The zero-order valence-corrected chi connectivity index (χ0v) is 11.8. The predicted octanol–water partition coefficient (Wildman–Crippen LogP) is 3.96. The second kappa shape index (κ2) is 7.96. The molecule has 1 rings (SSSR count). The maximum Gasteiger partial charge on any atom is 0.121 e. The van der Waals surface area contributed by atoms with Crippen molar-refractivity contribution in [1.82, 2.24) is 5.32 Å². The van der Waals surface area contributed by atoms with E-state index in [2.05, 4.69) is 37.3 Å². The number of benzene rings is 1. The molecule has 1 aromatic carbocycles. The number of hydrogen-bond acceptors (Lipinski definition) is 3. The highest BCUT2D eigenvalue weighted by Crippen LogP contribution is 2.25. The predicted molar refractivity (Wildman–Crippen MR) is 74.1 cm³/mol. The van der Waals surface area contributed by atoms with E-state index in [0.29, 0.717) is 24.5 Å². The Balaban J connectivity index is 2.58. The summed E-state index contributed by atoms with van der Waals surface area (Å²) < 4.78 is 0.762. The van der Waals surface area contributed by atoms with Crippen LogP contribution in [0.5, 0.6) is 0 Å². The molecular formula is C11H11BrClN5. The van der Waals surface area contributed by atoms with Crippen LogP contribution in [0.1, 0.15) is 18.0 Å². The molecule has 0 spiro atoms. The van der Waals surface area contributed by atoms with Crippen LogP contribution >= 0.6 is 27.5 Å². The van der Waals surface area contributed by atoms with Gasteiger partial charge in [0.1, 0.15) is 6.04 Å². The van der Waals surface area contributed by atoms with Gasteiger partial charge in [-0.15, -0.1) is 0 Å². The molecule has 0 aliphatic carbocycles. The molecular weight excluding hydrogens is 318 g/mol. The lowest BCUT2D eigenvalue weighted by Crippen LogP contribution is -2.21. The van der Waals surface area contributed by atoms with Gasteiger partial charge in [-0.1, -0.05) is 22.8 Å². The van der Waals surface area contributed by atoms with Gasteiger partial charge < -0.3 is 0 Å². The molecule has 0 saturated heterocycles. The van der Waals surface area contributed by atoms with Crippen molar-refractivity contribution in [2.75, 3.05) is 13.1 Å². The van der Waals surface area contributed by atoms with Crippen molar-refractivity contribution in [2.24, 2.45) is 5.11 Å². The smallest absolute Gasteiger partial charge is 0.121 e. The third-order valence-electron chi connectivity index (χ3n) is 2.25. The Hall–Kier alpha value is -1.25. The Morgan fingerprint density at radius 1 is 1.61 bits per heavy atom. The molecule has 1 aromatic rings. The highest BCUT2D eigenvalue weighted by atomic mass is 79.9. The Kier molecular flexibility index (Phi) is 6.55. The Labute approximate surface area is 119 Å². The molecule has 1 N–H and O–H groups in total. The highest BCUT2D eigenvalue weighted by molar-refractivity contribution is 9.10. The number of nitrogens with zero attached hydrogens (tertiary/aromatic N) is 4. The summed E-state index contributed by atoms with van der Waals surface area (Å²) in [5.74, 6) is 0. The van der Waals surface area contributed by atoms with Crippen LogP contribution in [0.2, 0.25) is 5.02 Å². The first-order valence-electron chi connectivity index (χ1n) is 5.28. The summed E-state index contributed by atoms with van der Waals surface area (Å²) >= 11 is 9.22. The van der Waals surface area contributed by atoms with Crippen LogP contribution in [-0.4, -0.2) is 13.1 Å². The zero-order valence-electron chi connectivity index (χ0n) is 9.48. The van der Waals surface area contributed by atoms with E-state index in [1.54, 1.807) is 12.1 Å². The molecule has 1 unspecified atom stereocenters. The molecule has 0 radical (unpaired) electrons. The number of nitrogens with one attached hydrogen (secondary N) is 1. The van der Waals surface area contributed by atoms with E-state index in [1.807, 2.05) is 6.07 Å². The van der Waals surface area contributed by atoms with Gasteiger partial charge in [-0.3, -0.25) is 5.32 Å². The molecule has 18 heavy (non-hydrogen) atoms. The Bertz CT molecular complexity index is 493. The molecule has 0 aliphatic heterocycles. The molecule has 7 heteroatoms. The fourth-order valence-corrected chi connectivity index (χ4v) is 1.88. The number of nitriles is 1. The fraction of sp³-hybridized carbons (Fsp3) is 0.364. The van der Waals surface area contributed by atoms with Gasteiger partial charge >= 0.3 is 0 Å². The second-order valence-corrected chi connectivity index (χ2v) is 4.76. The van der Waals surface area contributed by atoms with Crippen molar-refractivity contribution >= 4 is 27.5 Å². The highest BCUT2D eigenvalue weighted by Gasteiger charge is 2.10. The summed E-state index contributed by atoms with van der Waals surface area (Å²) in [6.45, 7) is 1.03. The standard InChI is InChI=1S/C11H11BrClN5/c12-9-6-8(2-3-10(9)13)11(7-14)16-4-1-5-17-18-15/h2-3,6,11,16H,1,4-5H2. The molecule has 1 atom stereocenters. The fourth-order valence-electron chi connectivity index (χ4n) is 1.37. The Morgan fingerprint density at radius 2 is 2.39 bits per heavy atom. The molecule has 0 bridgehead atoms. The molecule has 0 aromatic heterocycles. The van der Waals surface area contributed by atoms with Crippen LogP contribution in [0.25, 0.3) is 10.4 Å². The molecule has 0 aliphatic rings. The van der Waals surface area contributed by atoms with Gasteiger partial charge in [-0.05, 0) is 52.1 Å². The monoisotopic (exact) mass is 327 g/mol. The first kappa shape index (κ1) is 14.8. The van der Waals surface area contributed by atoms with E-state index in [4.69, 9.17) is 22.4 Å². The minimum Gasteiger partial charge on any atom is -0.298 e. The molecule has 94 valence electrons. The summed E-state index contributed by atoms with van der Waals surface area (Å²) in [5.41, 5.74) is 8.97. The number of hydrogen-bond donors (Lipinski definition) is 1. The van der Waals surface area contributed by atoms with Crippen molar-refractivity contribution in [3.05, 3.63) is 43.7 Å². The van der Waals surface area contributed by atoms with E-state index in [1.165, 1.54) is 0 Å². The van der Waals surface area contributed by atoms with Crippen molar-refractivity contribution in [2.45, 2.75) is 12.5 Å². The van der Waals surface area contributed by atoms with E-state index in [0.717, 1.165) is 10.0 Å².